The van der Waals surface area contributed by atoms with Gasteiger partial charge in [-0.2, -0.15) is 0 Å². The molecule has 0 amide bonds. The van der Waals surface area contributed by atoms with Crippen LogP contribution >= 0.6 is 0 Å². The molecule has 4 rings (SSSR count). The summed E-state index contributed by atoms with van der Waals surface area (Å²) in [6.07, 6.45) is 3.18. The first kappa shape index (κ1) is 19.6. The lowest BCUT2D eigenvalue weighted by molar-refractivity contribution is 0.164. The van der Waals surface area contributed by atoms with Crippen molar-refractivity contribution >= 4 is 17.0 Å². The third-order valence-electron chi connectivity index (χ3n) is 5.34. The molecule has 0 atom stereocenters. The molecule has 4 nitrogen and oxygen atoms in total. The Bertz CT molecular complexity index is 980. The Hall–Kier alpha value is -2.76. The molecule has 1 saturated heterocycles. The highest BCUT2D eigenvalue weighted by Gasteiger charge is 2.24. The number of likely N-dealkylation sites (tertiary alicyclic amines) is 1. The highest BCUT2D eigenvalue weighted by molar-refractivity contribution is 6.07. The molecule has 2 N–H and O–H groups in total. The molecule has 0 unspecified atom stereocenters. The van der Waals surface area contributed by atoms with E-state index < -0.39 is 0 Å². The van der Waals surface area contributed by atoms with Gasteiger partial charge in [-0.3, -0.25) is 4.90 Å². The lowest BCUT2D eigenvalue weighted by Crippen LogP contribution is -2.18. The number of rotatable bonds is 5. The second-order valence-corrected chi connectivity index (χ2v) is 7.61. The van der Waals surface area contributed by atoms with E-state index in [0.717, 1.165) is 29.7 Å². The van der Waals surface area contributed by atoms with Gasteiger partial charge in [-0.1, -0.05) is 36.4 Å². The van der Waals surface area contributed by atoms with E-state index in [1.165, 1.54) is 11.6 Å². The summed E-state index contributed by atoms with van der Waals surface area (Å²) in [5.74, 6) is -0.275. The Morgan fingerprint density at radius 2 is 2.03 bits per heavy atom. The first-order chi connectivity index (χ1) is 14.1. The minimum absolute atomic E-state index is 0.275. The average molecular weight is 391 g/mol. The number of halogens is 1. The summed E-state index contributed by atoms with van der Waals surface area (Å²) in [6.45, 7) is 3.21. The summed E-state index contributed by atoms with van der Waals surface area (Å²) in [5.41, 5.74) is 6.11. The van der Waals surface area contributed by atoms with Crippen LogP contribution in [0.3, 0.4) is 0 Å². The van der Waals surface area contributed by atoms with E-state index in [4.69, 9.17) is 10.1 Å². The zero-order chi connectivity index (χ0) is 20.2. The molecule has 2 aliphatic heterocycles. The van der Waals surface area contributed by atoms with E-state index in [-0.39, 0.29) is 5.82 Å². The van der Waals surface area contributed by atoms with Gasteiger partial charge >= 0.3 is 0 Å². The van der Waals surface area contributed by atoms with E-state index in [0.29, 0.717) is 43.2 Å². The molecule has 0 radical (unpaired) electrons. The second kappa shape index (κ2) is 8.72. The molecule has 5 heteroatoms. The van der Waals surface area contributed by atoms with Gasteiger partial charge in [-0.05, 0) is 48.4 Å². The van der Waals surface area contributed by atoms with Crippen LogP contribution in [0.1, 0.15) is 23.1 Å². The third-order valence-corrected chi connectivity index (χ3v) is 5.34. The van der Waals surface area contributed by atoms with Gasteiger partial charge in [0.25, 0.3) is 0 Å². The highest BCUT2D eigenvalue weighted by atomic mass is 19.1. The van der Waals surface area contributed by atoms with Gasteiger partial charge in [0.2, 0.25) is 0 Å². The minimum Gasteiger partial charge on any atom is -0.380 e. The van der Waals surface area contributed by atoms with Crippen molar-refractivity contribution in [2.24, 2.45) is 0 Å². The quantitative estimate of drug-likeness (QED) is 0.807. The molecule has 2 aromatic rings. The van der Waals surface area contributed by atoms with Gasteiger partial charge in [0, 0.05) is 30.8 Å². The summed E-state index contributed by atoms with van der Waals surface area (Å²) in [7, 11) is 1.98. The Labute approximate surface area is 171 Å². The van der Waals surface area contributed by atoms with Crippen LogP contribution in [0.25, 0.3) is 11.3 Å². The molecule has 0 aliphatic carbocycles. The maximum Gasteiger partial charge on any atom is 0.132 e. The van der Waals surface area contributed by atoms with Crippen molar-refractivity contribution in [3.63, 3.8) is 0 Å². The van der Waals surface area contributed by atoms with Crippen LogP contribution in [0.4, 0.5) is 4.39 Å². The van der Waals surface area contributed by atoms with E-state index >= 15 is 0 Å². The van der Waals surface area contributed by atoms with Gasteiger partial charge in [-0.15, -0.1) is 0 Å². The third kappa shape index (κ3) is 4.47. The predicted octanol–water partition coefficient (Wildman–Crippen LogP) is 4.10. The summed E-state index contributed by atoms with van der Waals surface area (Å²) < 4.78 is 20.1. The molecule has 150 valence electrons. The molecule has 29 heavy (non-hydrogen) atoms. The van der Waals surface area contributed by atoms with E-state index in [1.807, 2.05) is 19.2 Å². The Morgan fingerprint density at radius 3 is 2.76 bits per heavy atom. The molecule has 2 aromatic carbocycles. The average Bonchev–Trinajstić information content (AvgIpc) is 3.08. The van der Waals surface area contributed by atoms with Crippen molar-refractivity contribution in [1.82, 2.24) is 10.2 Å². The molecule has 0 saturated carbocycles. The van der Waals surface area contributed by atoms with Crippen molar-refractivity contribution < 1.29 is 9.13 Å². The van der Waals surface area contributed by atoms with Gasteiger partial charge in [0.1, 0.15) is 5.82 Å². The Kier molecular flexibility index (Phi) is 5.88. The monoisotopic (exact) mass is 391 g/mol. The van der Waals surface area contributed by atoms with E-state index in [2.05, 4.69) is 34.5 Å². The fourth-order valence-electron chi connectivity index (χ4n) is 3.88. The van der Waals surface area contributed by atoms with Gasteiger partial charge in [0.05, 0.1) is 24.6 Å². The number of likely N-dealkylation sites (N-methyl/N-ethyl adjacent to an activating group) is 1. The van der Waals surface area contributed by atoms with Crippen molar-refractivity contribution in [1.29, 1.82) is 5.41 Å². The van der Waals surface area contributed by atoms with Crippen LogP contribution in [-0.2, 0) is 11.3 Å². The SMILES string of the molecule is CN1CC(=N)/C(=C(\NCc2cccc(C3=CCCOC3)c2)c2ccccc2F)C1. The number of benzene rings is 2. The molecular formula is C24H26FN3O. The summed E-state index contributed by atoms with van der Waals surface area (Å²) in [4.78, 5) is 2.07. The summed E-state index contributed by atoms with van der Waals surface area (Å²) in [6, 6.07) is 15.1. The fourth-order valence-corrected chi connectivity index (χ4v) is 3.88. The van der Waals surface area contributed by atoms with Gasteiger partial charge in [0.15, 0.2) is 0 Å². The summed E-state index contributed by atoms with van der Waals surface area (Å²) in [5, 5.41) is 11.8. The smallest absolute Gasteiger partial charge is 0.132 e. The maximum absolute atomic E-state index is 14.6. The topological polar surface area (TPSA) is 48.4 Å². The van der Waals surface area contributed by atoms with Crippen LogP contribution < -0.4 is 5.32 Å². The van der Waals surface area contributed by atoms with Crippen LogP contribution in [-0.4, -0.2) is 44.0 Å². The van der Waals surface area contributed by atoms with E-state index in [9.17, 15) is 4.39 Å². The predicted molar refractivity (Wildman–Crippen MR) is 115 cm³/mol. The fraction of sp³-hybridized carbons (Fsp3) is 0.292. The standard InChI is InChI=1S/C24H26FN3O/c1-28-14-21(23(26)15-28)24(20-9-2-3-10-22(20)25)27-13-17-6-4-7-18(12-17)19-8-5-11-29-16-19/h2-4,6-10,12,26-27H,5,11,13-16H2,1H3/b24-21-,26-23?. The lowest BCUT2D eigenvalue weighted by Gasteiger charge is -2.17. The molecular weight excluding hydrogens is 365 g/mol. The minimum atomic E-state index is -0.275. The zero-order valence-electron chi connectivity index (χ0n) is 16.7. The molecule has 2 aliphatic rings. The number of ether oxygens (including phenoxy) is 1. The van der Waals surface area contributed by atoms with Crippen molar-refractivity contribution in [2.45, 2.75) is 13.0 Å². The molecule has 2 heterocycles. The van der Waals surface area contributed by atoms with Crippen molar-refractivity contribution in [3.8, 4) is 0 Å². The number of hydrogen-bond donors (Lipinski definition) is 2. The molecule has 0 bridgehead atoms. The van der Waals surface area contributed by atoms with Gasteiger partial charge in [-0.25, -0.2) is 4.39 Å². The van der Waals surface area contributed by atoms with Crippen LogP contribution in [0, 0.1) is 11.2 Å². The second-order valence-electron chi connectivity index (χ2n) is 7.61. The number of nitrogens with zero attached hydrogens (tertiary/aromatic N) is 1. The lowest BCUT2D eigenvalue weighted by atomic mass is 10.0. The Balaban J connectivity index is 1.61. The largest absolute Gasteiger partial charge is 0.380 e. The molecule has 0 spiro atoms. The van der Waals surface area contributed by atoms with Crippen LogP contribution in [0.5, 0.6) is 0 Å². The van der Waals surface area contributed by atoms with Crippen LogP contribution in [0.15, 0.2) is 60.2 Å². The van der Waals surface area contributed by atoms with E-state index in [1.54, 1.807) is 12.1 Å². The number of hydrogen-bond acceptors (Lipinski definition) is 4. The molecule has 1 fully saturated rings. The first-order valence-electron chi connectivity index (χ1n) is 9.96. The normalized spacial score (nSPS) is 19.2. The zero-order valence-corrected chi connectivity index (χ0v) is 16.7. The Morgan fingerprint density at radius 1 is 1.17 bits per heavy atom. The molecule has 0 aromatic heterocycles. The number of nitrogens with one attached hydrogen (secondary N) is 2. The van der Waals surface area contributed by atoms with Crippen LogP contribution in [0.2, 0.25) is 0 Å². The summed E-state index contributed by atoms with van der Waals surface area (Å²) >= 11 is 0. The highest BCUT2D eigenvalue weighted by Crippen LogP contribution is 2.25. The first-order valence-corrected chi connectivity index (χ1v) is 9.96. The van der Waals surface area contributed by atoms with Crippen molar-refractivity contribution in [3.05, 3.63) is 82.7 Å². The maximum atomic E-state index is 14.6. The van der Waals surface area contributed by atoms with Gasteiger partial charge < -0.3 is 15.5 Å². The van der Waals surface area contributed by atoms with Crippen molar-refractivity contribution in [2.75, 3.05) is 33.4 Å².